The zero-order valence-corrected chi connectivity index (χ0v) is 9.06. The van der Waals surface area contributed by atoms with Crippen LogP contribution in [-0.2, 0) is 4.79 Å². The Morgan fingerprint density at radius 3 is 1.27 bits per heavy atom. The van der Waals surface area contributed by atoms with Crippen LogP contribution in [-0.4, -0.2) is 31.8 Å². The number of nitrogens with zero attached hydrogens (tertiary/aromatic N) is 1. The van der Waals surface area contributed by atoms with Gasteiger partial charge in [0, 0.05) is 6.42 Å². The van der Waals surface area contributed by atoms with Crippen LogP contribution in [0.3, 0.4) is 0 Å². The first-order valence-electron chi connectivity index (χ1n) is 4.11. The van der Waals surface area contributed by atoms with Gasteiger partial charge in [0.05, 0.1) is 0 Å². The summed E-state index contributed by atoms with van der Waals surface area (Å²) in [5.74, 6) is 0.255. The van der Waals surface area contributed by atoms with Crippen molar-refractivity contribution in [3.8, 4) is 0 Å². The summed E-state index contributed by atoms with van der Waals surface area (Å²) in [4.78, 5) is 11.8. The van der Waals surface area contributed by atoms with E-state index in [-0.39, 0.29) is 5.78 Å². The highest BCUT2D eigenvalue weighted by Crippen LogP contribution is 1.71. The molecule has 0 heterocycles. The lowest BCUT2D eigenvalue weighted by atomic mass is 10.4. The van der Waals surface area contributed by atoms with Gasteiger partial charge in [0.15, 0.2) is 0 Å². The minimum atomic E-state index is 0.255. The molecule has 0 atom stereocenters. The molecule has 70 valence electrons. The molecule has 0 saturated heterocycles. The van der Waals surface area contributed by atoms with Gasteiger partial charge in [-0.3, -0.25) is 0 Å². The maximum atomic E-state index is 9.81. The topological polar surface area (TPSA) is 20.3 Å². The molecule has 0 saturated carbocycles. The number of rotatable bonds is 1. The van der Waals surface area contributed by atoms with Crippen LogP contribution in [0.15, 0.2) is 0 Å². The summed E-state index contributed by atoms with van der Waals surface area (Å²) < 4.78 is 0. The molecule has 0 aromatic rings. The zero-order valence-electron chi connectivity index (χ0n) is 9.06. The van der Waals surface area contributed by atoms with Crippen molar-refractivity contribution >= 4 is 5.78 Å². The van der Waals surface area contributed by atoms with E-state index < -0.39 is 0 Å². The van der Waals surface area contributed by atoms with Crippen molar-refractivity contribution in [2.45, 2.75) is 34.1 Å². The smallest absolute Gasteiger partial charge is 0.129 e. The first-order valence-corrected chi connectivity index (χ1v) is 4.11. The van der Waals surface area contributed by atoms with Crippen molar-refractivity contribution in [3.63, 3.8) is 0 Å². The maximum Gasteiger partial charge on any atom is 0.129 e. The molecular formula is C9H23NO. The van der Waals surface area contributed by atoms with Gasteiger partial charge in [-0.15, -0.1) is 0 Å². The number of ketones is 1. The quantitative estimate of drug-likeness (QED) is 0.587. The third-order valence-electron chi connectivity index (χ3n) is 0.498. The van der Waals surface area contributed by atoms with Gasteiger partial charge in [-0.2, -0.15) is 0 Å². The highest BCUT2D eigenvalue weighted by Gasteiger charge is 1.76. The Labute approximate surface area is 71.6 Å². The monoisotopic (exact) mass is 161 g/mol. The van der Waals surface area contributed by atoms with Crippen LogP contribution in [0.4, 0.5) is 0 Å². The fraction of sp³-hybridized carbons (Fsp3) is 0.889. The Morgan fingerprint density at radius 1 is 1.18 bits per heavy atom. The largest absolute Gasteiger partial charge is 0.312 e. The van der Waals surface area contributed by atoms with Crippen molar-refractivity contribution in [2.24, 2.45) is 0 Å². The number of carbonyl (C=O) groups excluding carboxylic acids is 1. The molecule has 0 aliphatic carbocycles. The number of Topliss-reactive ketones (excluding diaryl/α,β-unsaturated/α-hetero) is 1. The van der Waals surface area contributed by atoms with E-state index >= 15 is 0 Å². The van der Waals surface area contributed by atoms with Crippen LogP contribution in [0.1, 0.15) is 34.1 Å². The van der Waals surface area contributed by atoms with Gasteiger partial charge in [-0.05, 0) is 28.1 Å². The third kappa shape index (κ3) is 211. The Bertz CT molecular complexity index is 67.2. The van der Waals surface area contributed by atoms with Crippen molar-refractivity contribution < 1.29 is 4.79 Å². The normalized spacial score (nSPS) is 7.27. The van der Waals surface area contributed by atoms with Gasteiger partial charge < -0.3 is 9.69 Å². The molecule has 0 aromatic heterocycles. The molecule has 0 N–H and O–H groups in total. The van der Waals surface area contributed by atoms with E-state index in [1.165, 1.54) is 0 Å². The van der Waals surface area contributed by atoms with Crippen molar-refractivity contribution in [2.75, 3.05) is 21.1 Å². The molecule has 0 aromatic carbocycles. The molecule has 0 radical (unpaired) electrons. The summed E-state index contributed by atoms with van der Waals surface area (Å²) in [6.07, 6.45) is 0.667. The fourth-order valence-electron chi connectivity index (χ4n) is 0. The van der Waals surface area contributed by atoms with Gasteiger partial charge in [0.25, 0.3) is 0 Å². The predicted octanol–water partition coefficient (Wildman–Crippen LogP) is 2.19. The van der Waals surface area contributed by atoms with Crippen LogP contribution in [0, 0.1) is 0 Å². The highest BCUT2D eigenvalue weighted by atomic mass is 16.1. The molecule has 0 aliphatic rings. The first kappa shape index (κ1) is 16.9. The third-order valence-corrected chi connectivity index (χ3v) is 0.498. The van der Waals surface area contributed by atoms with E-state index in [0.29, 0.717) is 6.42 Å². The average Bonchev–Trinajstić information content (AvgIpc) is 1.91. The summed E-state index contributed by atoms with van der Waals surface area (Å²) >= 11 is 0. The molecule has 0 bridgehead atoms. The van der Waals surface area contributed by atoms with Crippen molar-refractivity contribution in [1.82, 2.24) is 4.90 Å². The molecule has 2 nitrogen and oxygen atoms in total. The van der Waals surface area contributed by atoms with E-state index in [0.717, 1.165) is 0 Å². The first-order chi connectivity index (χ1) is 5.00. The number of hydrogen-bond donors (Lipinski definition) is 0. The van der Waals surface area contributed by atoms with E-state index in [1.807, 2.05) is 46.8 Å². The standard InChI is InChI=1S/C4H8O.C3H9N.C2H6/c1-3-4(2)5;1-4(2)3;1-2/h3H2,1-2H3;1-3H3;1-2H3. The Kier molecular flexibility index (Phi) is 25.1. The Morgan fingerprint density at radius 2 is 1.27 bits per heavy atom. The molecule has 0 spiro atoms. The molecule has 0 rings (SSSR count). The molecule has 0 fully saturated rings. The molecule has 2 heteroatoms. The van der Waals surface area contributed by atoms with Crippen LogP contribution >= 0.6 is 0 Å². The maximum absolute atomic E-state index is 9.81. The molecular weight excluding hydrogens is 138 g/mol. The lowest BCUT2D eigenvalue weighted by molar-refractivity contribution is -0.116. The highest BCUT2D eigenvalue weighted by molar-refractivity contribution is 5.74. The summed E-state index contributed by atoms with van der Waals surface area (Å²) in [5, 5.41) is 0. The van der Waals surface area contributed by atoms with Crippen LogP contribution in [0.25, 0.3) is 0 Å². The van der Waals surface area contributed by atoms with Crippen LogP contribution in [0.2, 0.25) is 0 Å². The van der Waals surface area contributed by atoms with E-state index in [1.54, 1.807) is 6.92 Å². The fourth-order valence-corrected chi connectivity index (χ4v) is 0. The number of carbonyl (C=O) groups is 1. The van der Waals surface area contributed by atoms with Gasteiger partial charge in [0.2, 0.25) is 0 Å². The summed E-state index contributed by atoms with van der Waals surface area (Å²) in [6.45, 7) is 7.43. The predicted molar refractivity (Wildman–Crippen MR) is 51.9 cm³/mol. The van der Waals surface area contributed by atoms with Crippen molar-refractivity contribution in [1.29, 1.82) is 0 Å². The number of hydrogen-bond acceptors (Lipinski definition) is 2. The van der Waals surface area contributed by atoms with Crippen molar-refractivity contribution in [3.05, 3.63) is 0 Å². The second kappa shape index (κ2) is 16.3. The Hall–Kier alpha value is -0.370. The van der Waals surface area contributed by atoms with E-state index in [9.17, 15) is 4.79 Å². The SMILES string of the molecule is CC.CCC(C)=O.CN(C)C. The summed E-state index contributed by atoms with van der Waals surface area (Å²) in [5.41, 5.74) is 0. The van der Waals surface area contributed by atoms with Gasteiger partial charge in [-0.1, -0.05) is 20.8 Å². The Balaban J connectivity index is -0.0000000965. The van der Waals surface area contributed by atoms with Gasteiger partial charge in [-0.25, -0.2) is 0 Å². The molecule has 0 aliphatic heterocycles. The van der Waals surface area contributed by atoms with Crippen LogP contribution in [0.5, 0.6) is 0 Å². The van der Waals surface area contributed by atoms with Crippen LogP contribution < -0.4 is 0 Å². The summed E-state index contributed by atoms with van der Waals surface area (Å²) in [7, 11) is 6.00. The van der Waals surface area contributed by atoms with Gasteiger partial charge >= 0.3 is 0 Å². The molecule has 0 unspecified atom stereocenters. The minimum Gasteiger partial charge on any atom is -0.312 e. The zero-order chi connectivity index (χ0) is 9.86. The lowest BCUT2D eigenvalue weighted by Gasteiger charge is -1.90. The average molecular weight is 161 g/mol. The second-order valence-corrected chi connectivity index (χ2v) is 2.40. The second-order valence-electron chi connectivity index (χ2n) is 2.40. The van der Waals surface area contributed by atoms with E-state index in [4.69, 9.17) is 0 Å². The van der Waals surface area contributed by atoms with E-state index in [2.05, 4.69) is 0 Å². The molecule has 0 amide bonds. The molecule has 11 heavy (non-hydrogen) atoms. The lowest BCUT2D eigenvalue weighted by Crippen LogP contribution is -1.99. The van der Waals surface area contributed by atoms with Gasteiger partial charge in [0.1, 0.15) is 5.78 Å². The summed E-state index contributed by atoms with van der Waals surface area (Å²) in [6, 6.07) is 0. The minimum absolute atomic E-state index is 0.255.